The number of carboxylic acids is 1. The first-order chi connectivity index (χ1) is 15.2. The summed E-state index contributed by atoms with van der Waals surface area (Å²) in [6.45, 7) is 4.97. The number of carbonyl (C=O) groups excluding carboxylic acids is 2. The van der Waals surface area contributed by atoms with Crippen molar-refractivity contribution in [3.05, 3.63) is 59.7 Å². The van der Waals surface area contributed by atoms with Gasteiger partial charge in [0.15, 0.2) is 0 Å². The Kier molecular flexibility index (Phi) is 6.87. The Morgan fingerprint density at radius 3 is 2.09 bits per heavy atom. The minimum Gasteiger partial charge on any atom is -0.480 e. The first kappa shape index (κ1) is 23.3. The third-order valence-corrected chi connectivity index (χ3v) is 6.32. The second-order valence-electron chi connectivity index (χ2n) is 8.60. The maximum atomic E-state index is 12.6. The zero-order chi connectivity index (χ0) is 23.5. The molecule has 1 aliphatic carbocycles. The number of alkyl carbamates (subject to hydrolysis) is 1. The van der Waals surface area contributed by atoms with Crippen LogP contribution in [0.4, 0.5) is 4.79 Å². The molecule has 0 radical (unpaired) electrons. The van der Waals surface area contributed by atoms with Crippen LogP contribution in [-0.4, -0.2) is 53.2 Å². The van der Waals surface area contributed by atoms with Gasteiger partial charge < -0.3 is 20.1 Å². The summed E-state index contributed by atoms with van der Waals surface area (Å²) in [6, 6.07) is 15.7. The zero-order valence-corrected chi connectivity index (χ0v) is 18.9. The number of likely N-dealkylation sites (N-methyl/N-ethyl adjacent to an activating group) is 1. The van der Waals surface area contributed by atoms with Crippen LogP contribution in [0.5, 0.6) is 0 Å². The number of benzene rings is 2. The van der Waals surface area contributed by atoms with Gasteiger partial charge in [0.1, 0.15) is 12.1 Å². The summed E-state index contributed by atoms with van der Waals surface area (Å²) in [4.78, 5) is 37.6. The molecule has 170 valence electrons. The predicted molar refractivity (Wildman–Crippen MR) is 121 cm³/mol. The van der Waals surface area contributed by atoms with Gasteiger partial charge in [-0.1, -0.05) is 55.5 Å². The van der Waals surface area contributed by atoms with Crippen molar-refractivity contribution in [3.8, 4) is 11.1 Å². The van der Waals surface area contributed by atoms with Gasteiger partial charge in [-0.25, -0.2) is 9.59 Å². The Hall–Kier alpha value is -3.35. The van der Waals surface area contributed by atoms with Crippen molar-refractivity contribution in [2.45, 2.75) is 51.1 Å². The van der Waals surface area contributed by atoms with Crippen LogP contribution < -0.4 is 5.32 Å². The van der Waals surface area contributed by atoms with Crippen LogP contribution in [0.25, 0.3) is 11.1 Å². The van der Waals surface area contributed by atoms with E-state index < -0.39 is 23.6 Å². The standard InChI is InChI=1S/C25H30N2O5/c1-5-16(14-22(28)27(4)25(2,3)23(29)30)26-24(31)32-15-21-19-12-8-6-10-17(19)18-11-7-9-13-20(18)21/h6-13,16,21H,5,14-15H2,1-4H3,(H,26,31)(H,29,30)/t16-/m1/s1. The molecule has 2 amide bonds. The lowest BCUT2D eigenvalue weighted by atomic mass is 9.98. The fraction of sp³-hybridized carbons (Fsp3) is 0.400. The first-order valence-corrected chi connectivity index (χ1v) is 10.8. The van der Waals surface area contributed by atoms with Gasteiger partial charge in [-0.15, -0.1) is 0 Å². The van der Waals surface area contributed by atoms with Gasteiger partial charge in [-0.05, 0) is 42.5 Å². The molecular formula is C25H30N2O5. The Morgan fingerprint density at radius 1 is 1.06 bits per heavy atom. The van der Waals surface area contributed by atoms with Gasteiger partial charge >= 0.3 is 12.1 Å². The normalized spacial score (nSPS) is 13.6. The quantitative estimate of drug-likeness (QED) is 0.649. The van der Waals surface area contributed by atoms with E-state index in [1.807, 2.05) is 31.2 Å². The summed E-state index contributed by atoms with van der Waals surface area (Å²) in [7, 11) is 1.45. The molecular weight excluding hydrogens is 408 g/mol. The van der Waals surface area contributed by atoms with Crippen molar-refractivity contribution in [1.82, 2.24) is 10.2 Å². The molecule has 1 atom stereocenters. The van der Waals surface area contributed by atoms with Crippen LogP contribution in [0.2, 0.25) is 0 Å². The monoisotopic (exact) mass is 438 g/mol. The Labute approximate surface area is 188 Å². The minimum absolute atomic E-state index is 0.00605. The lowest BCUT2D eigenvalue weighted by Gasteiger charge is -2.32. The summed E-state index contributed by atoms with van der Waals surface area (Å²) < 4.78 is 5.55. The van der Waals surface area contributed by atoms with E-state index in [0.29, 0.717) is 6.42 Å². The van der Waals surface area contributed by atoms with Crippen molar-refractivity contribution >= 4 is 18.0 Å². The lowest BCUT2D eigenvalue weighted by molar-refractivity contribution is -0.155. The van der Waals surface area contributed by atoms with E-state index in [9.17, 15) is 19.5 Å². The molecule has 1 aliphatic rings. The van der Waals surface area contributed by atoms with E-state index in [4.69, 9.17) is 4.74 Å². The highest BCUT2D eigenvalue weighted by molar-refractivity contribution is 5.86. The summed E-state index contributed by atoms with van der Waals surface area (Å²) in [5, 5.41) is 12.1. The number of rotatable bonds is 8. The van der Waals surface area contributed by atoms with Gasteiger partial charge in [-0.2, -0.15) is 0 Å². The Balaban J connectivity index is 1.61. The molecule has 32 heavy (non-hydrogen) atoms. The summed E-state index contributed by atoms with van der Waals surface area (Å²) in [5.41, 5.74) is 3.22. The van der Waals surface area contributed by atoms with E-state index in [-0.39, 0.29) is 24.9 Å². The number of nitrogens with one attached hydrogen (secondary N) is 1. The van der Waals surface area contributed by atoms with Crippen LogP contribution in [0.15, 0.2) is 48.5 Å². The van der Waals surface area contributed by atoms with Gasteiger partial charge in [-0.3, -0.25) is 4.79 Å². The molecule has 7 nitrogen and oxygen atoms in total. The number of hydrogen-bond acceptors (Lipinski definition) is 4. The number of carbonyl (C=O) groups is 3. The maximum absolute atomic E-state index is 12.6. The summed E-state index contributed by atoms with van der Waals surface area (Å²) in [5.74, 6) is -1.49. The number of hydrogen-bond donors (Lipinski definition) is 2. The van der Waals surface area contributed by atoms with Crippen molar-refractivity contribution in [2.24, 2.45) is 0 Å². The maximum Gasteiger partial charge on any atom is 0.407 e. The third kappa shape index (κ3) is 4.61. The first-order valence-electron chi connectivity index (χ1n) is 10.8. The molecule has 0 aliphatic heterocycles. The van der Waals surface area contributed by atoms with Crippen LogP contribution in [0.3, 0.4) is 0 Å². The number of amides is 2. The Morgan fingerprint density at radius 2 is 1.59 bits per heavy atom. The number of aliphatic carboxylic acids is 1. The van der Waals surface area contributed by atoms with E-state index in [1.54, 1.807) is 0 Å². The fourth-order valence-corrected chi connectivity index (χ4v) is 3.91. The molecule has 3 rings (SSSR count). The number of ether oxygens (including phenoxy) is 1. The predicted octanol–water partition coefficient (Wildman–Crippen LogP) is 4.02. The number of nitrogens with zero attached hydrogens (tertiary/aromatic N) is 1. The molecule has 0 aromatic heterocycles. The molecule has 2 aromatic carbocycles. The van der Waals surface area contributed by atoms with Crippen LogP contribution in [0, 0.1) is 0 Å². The fourth-order valence-electron chi connectivity index (χ4n) is 3.91. The molecule has 2 N–H and O–H groups in total. The largest absolute Gasteiger partial charge is 0.480 e. The van der Waals surface area contributed by atoms with E-state index >= 15 is 0 Å². The average molecular weight is 439 g/mol. The molecule has 0 saturated carbocycles. The van der Waals surface area contributed by atoms with Crippen LogP contribution >= 0.6 is 0 Å². The van der Waals surface area contributed by atoms with Gasteiger partial charge in [0.05, 0.1) is 0 Å². The van der Waals surface area contributed by atoms with E-state index in [1.165, 1.54) is 25.8 Å². The SMILES string of the molecule is CC[C@H](CC(=O)N(C)C(C)(C)C(=O)O)NC(=O)OCC1c2ccccc2-c2ccccc21. The highest BCUT2D eigenvalue weighted by Gasteiger charge is 2.36. The highest BCUT2D eigenvalue weighted by Crippen LogP contribution is 2.44. The molecule has 0 spiro atoms. The van der Waals surface area contributed by atoms with Crippen molar-refractivity contribution in [1.29, 1.82) is 0 Å². The van der Waals surface area contributed by atoms with Crippen LogP contribution in [0.1, 0.15) is 50.7 Å². The molecule has 0 unspecified atom stereocenters. The topological polar surface area (TPSA) is 95.9 Å². The van der Waals surface area contributed by atoms with Crippen molar-refractivity contribution in [2.75, 3.05) is 13.7 Å². The van der Waals surface area contributed by atoms with Gasteiger partial charge in [0.2, 0.25) is 5.91 Å². The summed E-state index contributed by atoms with van der Waals surface area (Å²) in [6.07, 6.45) is -0.0859. The van der Waals surface area contributed by atoms with Crippen molar-refractivity contribution in [3.63, 3.8) is 0 Å². The zero-order valence-electron chi connectivity index (χ0n) is 18.9. The number of fused-ring (bicyclic) bond motifs is 3. The van der Waals surface area contributed by atoms with Crippen LogP contribution in [-0.2, 0) is 14.3 Å². The van der Waals surface area contributed by atoms with E-state index in [0.717, 1.165) is 22.3 Å². The second kappa shape index (κ2) is 9.42. The smallest absolute Gasteiger partial charge is 0.407 e. The molecule has 0 bridgehead atoms. The second-order valence-corrected chi connectivity index (χ2v) is 8.60. The Bertz CT molecular complexity index is 971. The van der Waals surface area contributed by atoms with Crippen molar-refractivity contribution < 1.29 is 24.2 Å². The molecule has 0 fully saturated rings. The third-order valence-electron chi connectivity index (χ3n) is 6.32. The van der Waals surface area contributed by atoms with Gasteiger partial charge in [0.25, 0.3) is 0 Å². The number of carboxylic acid groups (broad SMARTS) is 1. The molecule has 7 heteroatoms. The van der Waals surface area contributed by atoms with Gasteiger partial charge in [0, 0.05) is 25.4 Å². The highest BCUT2D eigenvalue weighted by atomic mass is 16.5. The minimum atomic E-state index is -1.33. The molecule has 0 saturated heterocycles. The molecule has 0 heterocycles. The van der Waals surface area contributed by atoms with E-state index in [2.05, 4.69) is 29.6 Å². The average Bonchev–Trinajstić information content (AvgIpc) is 3.10. The molecule has 2 aromatic rings. The lowest BCUT2D eigenvalue weighted by Crippen LogP contribution is -2.52. The summed E-state index contributed by atoms with van der Waals surface area (Å²) >= 11 is 0.